The summed E-state index contributed by atoms with van der Waals surface area (Å²) < 4.78 is 10.9. The Kier molecular flexibility index (Phi) is 4.60. The van der Waals surface area contributed by atoms with Crippen LogP contribution < -0.4 is 14.8 Å². The molecule has 1 aromatic rings. The molecule has 3 aliphatic rings. The second-order valence-corrected chi connectivity index (χ2v) is 7.14. The number of carbonyl (C=O) groups excluding carboxylic acids is 1. The summed E-state index contributed by atoms with van der Waals surface area (Å²) in [4.78, 5) is 15.3. The standard InChI is InChI=1S/C19H26N2O3/c22-19(15-8-9-20-11-15)21(16-4-2-1-3-5-16)12-14-6-7-17-18(10-14)24-13-23-17/h6-7,10,15-16,20H,1-5,8-9,11-13H2. The van der Waals surface area contributed by atoms with Crippen LogP contribution in [0.15, 0.2) is 18.2 Å². The van der Waals surface area contributed by atoms with E-state index in [0.29, 0.717) is 18.5 Å². The number of hydrogen-bond acceptors (Lipinski definition) is 4. The average Bonchev–Trinajstić information content (AvgIpc) is 3.31. The number of benzene rings is 1. The number of hydrogen-bond donors (Lipinski definition) is 1. The molecular formula is C19H26N2O3. The van der Waals surface area contributed by atoms with E-state index >= 15 is 0 Å². The maximum absolute atomic E-state index is 13.1. The van der Waals surface area contributed by atoms with E-state index in [9.17, 15) is 4.79 Å². The minimum atomic E-state index is 0.140. The van der Waals surface area contributed by atoms with Gasteiger partial charge in [-0.1, -0.05) is 25.3 Å². The third-order valence-electron chi connectivity index (χ3n) is 5.50. The summed E-state index contributed by atoms with van der Waals surface area (Å²) in [5.41, 5.74) is 1.13. The zero-order valence-electron chi connectivity index (χ0n) is 14.1. The molecule has 1 aliphatic carbocycles. The molecule has 1 aromatic carbocycles. The lowest BCUT2D eigenvalue weighted by Crippen LogP contribution is -2.44. The monoisotopic (exact) mass is 330 g/mol. The quantitative estimate of drug-likeness (QED) is 0.922. The van der Waals surface area contributed by atoms with Crippen LogP contribution in [0.1, 0.15) is 44.1 Å². The molecular weight excluding hydrogens is 304 g/mol. The van der Waals surface area contributed by atoms with Gasteiger partial charge in [0.1, 0.15) is 0 Å². The van der Waals surface area contributed by atoms with Gasteiger partial charge in [0, 0.05) is 19.1 Å². The smallest absolute Gasteiger partial charge is 0.231 e. The molecule has 1 N–H and O–H groups in total. The SMILES string of the molecule is O=C(C1CCNC1)N(Cc1ccc2c(c1)OCO2)C1CCCCC1. The number of nitrogens with one attached hydrogen (secondary N) is 1. The van der Waals surface area contributed by atoms with Gasteiger partial charge in [0.05, 0.1) is 5.92 Å². The Labute approximate surface area is 143 Å². The fourth-order valence-electron chi connectivity index (χ4n) is 4.12. The first kappa shape index (κ1) is 15.8. The Hall–Kier alpha value is -1.75. The van der Waals surface area contributed by atoms with Crippen molar-refractivity contribution in [3.63, 3.8) is 0 Å². The number of carbonyl (C=O) groups is 1. The molecule has 4 rings (SSSR count). The van der Waals surface area contributed by atoms with Crippen LogP contribution in [-0.2, 0) is 11.3 Å². The summed E-state index contributed by atoms with van der Waals surface area (Å²) >= 11 is 0. The summed E-state index contributed by atoms with van der Waals surface area (Å²) in [7, 11) is 0. The van der Waals surface area contributed by atoms with Crippen LogP contribution in [0.25, 0.3) is 0 Å². The van der Waals surface area contributed by atoms with Crippen molar-refractivity contribution >= 4 is 5.91 Å². The third kappa shape index (κ3) is 3.22. The van der Waals surface area contributed by atoms with E-state index in [1.54, 1.807) is 0 Å². The number of nitrogens with zero attached hydrogens (tertiary/aromatic N) is 1. The van der Waals surface area contributed by atoms with Crippen LogP contribution in [-0.4, -0.2) is 36.7 Å². The minimum Gasteiger partial charge on any atom is -0.454 e. The first-order chi connectivity index (χ1) is 11.8. The molecule has 1 amide bonds. The molecule has 24 heavy (non-hydrogen) atoms. The predicted octanol–water partition coefficient (Wildman–Crippen LogP) is 2.69. The van der Waals surface area contributed by atoms with Gasteiger partial charge in [-0.15, -0.1) is 0 Å². The molecule has 0 bridgehead atoms. The Morgan fingerprint density at radius 1 is 1.12 bits per heavy atom. The number of rotatable bonds is 4. The maximum atomic E-state index is 13.1. The van der Waals surface area contributed by atoms with Crippen molar-refractivity contribution in [3.05, 3.63) is 23.8 Å². The summed E-state index contributed by atoms with van der Waals surface area (Å²) in [6.45, 7) is 2.75. The molecule has 2 aliphatic heterocycles. The van der Waals surface area contributed by atoms with Crippen LogP contribution in [0.5, 0.6) is 11.5 Å². The van der Waals surface area contributed by atoms with Crippen molar-refractivity contribution in [2.24, 2.45) is 5.92 Å². The molecule has 1 saturated heterocycles. The fourth-order valence-corrected chi connectivity index (χ4v) is 4.12. The van der Waals surface area contributed by atoms with Crippen LogP contribution in [0.3, 0.4) is 0 Å². The normalized spacial score (nSPS) is 23.4. The molecule has 1 saturated carbocycles. The van der Waals surface area contributed by atoms with Gasteiger partial charge in [-0.25, -0.2) is 0 Å². The Morgan fingerprint density at radius 2 is 1.96 bits per heavy atom. The lowest BCUT2D eigenvalue weighted by Gasteiger charge is -2.36. The van der Waals surface area contributed by atoms with Gasteiger partial charge in [-0.2, -0.15) is 0 Å². The van der Waals surface area contributed by atoms with Crippen molar-refractivity contribution in [3.8, 4) is 11.5 Å². The van der Waals surface area contributed by atoms with Crippen molar-refractivity contribution in [1.82, 2.24) is 10.2 Å². The van der Waals surface area contributed by atoms with E-state index in [0.717, 1.165) is 49.4 Å². The zero-order chi connectivity index (χ0) is 16.4. The maximum Gasteiger partial charge on any atom is 0.231 e. The number of fused-ring (bicyclic) bond motifs is 1. The van der Waals surface area contributed by atoms with Crippen molar-refractivity contribution in [2.75, 3.05) is 19.9 Å². The lowest BCUT2D eigenvalue weighted by atomic mass is 9.92. The topological polar surface area (TPSA) is 50.8 Å². The van der Waals surface area contributed by atoms with E-state index in [2.05, 4.69) is 16.3 Å². The second-order valence-electron chi connectivity index (χ2n) is 7.14. The first-order valence-electron chi connectivity index (χ1n) is 9.21. The average molecular weight is 330 g/mol. The van der Waals surface area contributed by atoms with Crippen LogP contribution in [0.4, 0.5) is 0 Å². The second kappa shape index (κ2) is 7.01. The van der Waals surface area contributed by atoms with E-state index < -0.39 is 0 Å². The highest BCUT2D eigenvalue weighted by Gasteiger charge is 2.32. The van der Waals surface area contributed by atoms with Gasteiger partial charge in [-0.3, -0.25) is 4.79 Å². The molecule has 5 nitrogen and oxygen atoms in total. The van der Waals surface area contributed by atoms with Gasteiger partial charge >= 0.3 is 0 Å². The van der Waals surface area contributed by atoms with Gasteiger partial charge in [0.25, 0.3) is 0 Å². The third-order valence-corrected chi connectivity index (χ3v) is 5.50. The highest BCUT2D eigenvalue weighted by molar-refractivity contribution is 5.79. The van der Waals surface area contributed by atoms with E-state index in [4.69, 9.17) is 9.47 Å². The van der Waals surface area contributed by atoms with Crippen LogP contribution in [0, 0.1) is 5.92 Å². The zero-order valence-corrected chi connectivity index (χ0v) is 14.1. The molecule has 1 atom stereocenters. The van der Waals surface area contributed by atoms with Gasteiger partial charge in [0.2, 0.25) is 12.7 Å². The van der Waals surface area contributed by atoms with E-state index in [-0.39, 0.29) is 12.7 Å². The Morgan fingerprint density at radius 3 is 2.75 bits per heavy atom. The highest BCUT2D eigenvalue weighted by Crippen LogP contribution is 2.34. The highest BCUT2D eigenvalue weighted by atomic mass is 16.7. The van der Waals surface area contributed by atoms with E-state index in [1.165, 1.54) is 19.3 Å². The Balaban J connectivity index is 1.53. The summed E-state index contributed by atoms with van der Waals surface area (Å²) in [5.74, 6) is 2.06. The summed E-state index contributed by atoms with van der Waals surface area (Å²) in [5, 5.41) is 3.32. The van der Waals surface area contributed by atoms with Crippen molar-refractivity contribution in [1.29, 1.82) is 0 Å². The van der Waals surface area contributed by atoms with Gasteiger partial charge < -0.3 is 19.7 Å². The molecule has 0 radical (unpaired) electrons. The van der Waals surface area contributed by atoms with Gasteiger partial charge in [-0.05, 0) is 43.5 Å². The van der Waals surface area contributed by atoms with E-state index in [1.807, 2.05) is 12.1 Å². The molecule has 2 fully saturated rings. The van der Waals surface area contributed by atoms with Crippen molar-refractivity contribution < 1.29 is 14.3 Å². The molecule has 0 spiro atoms. The lowest BCUT2D eigenvalue weighted by molar-refractivity contribution is -0.138. The first-order valence-corrected chi connectivity index (χ1v) is 9.21. The molecule has 0 aromatic heterocycles. The molecule has 2 heterocycles. The largest absolute Gasteiger partial charge is 0.454 e. The molecule has 5 heteroatoms. The van der Waals surface area contributed by atoms with Crippen LogP contribution in [0.2, 0.25) is 0 Å². The van der Waals surface area contributed by atoms with Crippen LogP contribution >= 0.6 is 0 Å². The predicted molar refractivity (Wildman–Crippen MR) is 91.0 cm³/mol. The fraction of sp³-hybridized carbons (Fsp3) is 0.632. The molecule has 130 valence electrons. The summed E-state index contributed by atoms with van der Waals surface area (Å²) in [6, 6.07) is 6.43. The Bertz CT molecular complexity index is 592. The van der Waals surface area contributed by atoms with Crippen molar-refractivity contribution in [2.45, 2.75) is 51.1 Å². The number of ether oxygens (including phenoxy) is 2. The summed E-state index contributed by atoms with van der Waals surface area (Å²) in [6.07, 6.45) is 7.00. The minimum absolute atomic E-state index is 0.140. The number of amides is 1. The van der Waals surface area contributed by atoms with Gasteiger partial charge in [0.15, 0.2) is 11.5 Å². The molecule has 1 unspecified atom stereocenters.